The maximum absolute atomic E-state index is 2.28. The van der Waals surface area contributed by atoms with Gasteiger partial charge in [0.1, 0.15) is 0 Å². The minimum absolute atomic E-state index is 1.11. The molecule has 0 unspecified atom stereocenters. The van der Waals surface area contributed by atoms with Crippen LogP contribution in [0, 0.1) is 0 Å². The van der Waals surface area contributed by atoms with E-state index in [1.807, 2.05) is 0 Å². The van der Waals surface area contributed by atoms with Crippen LogP contribution in [0.25, 0.3) is 10.8 Å². The van der Waals surface area contributed by atoms with E-state index in [9.17, 15) is 0 Å². The largest absolute Gasteiger partial charge is 0.0581 e. The Bertz CT molecular complexity index is 390. The number of hydrogen-bond donors (Lipinski definition) is 0. The Labute approximate surface area is 65.5 Å². The lowest BCUT2D eigenvalue weighted by molar-refractivity contribution is 1.19. The molecule has 2 aromatic carbocycles. The molecule has 0 heterocycles. The minimum Gasteiger partial charge on any atom is -0.0581 e. The summed E-state index contributed by atoms with van der Waals surface area (Å²) in [7, 11) is 0. The lowest BCUT2D eigenvalue weighted by Crippen LogP contribution is -1.93. The first-order valence-electron chi connectivity index (χ1n) is 3.93. The van der Waals surface area contributed by atoms with Gasteiger partial charge in [-0.05, 0) is 28.3 Å². The Morgan fingerprint density at radius 1 is 0.727 bits per heavy atom. The molecule has 0 amide bonds. The van der Waals surface area contributed by atoms with Crippen molar-refractivity contribution >= 4 is 10.8 Å². The molecule has 1 aliphatic rings. The molecule has 0 saturated carbocycles. The minimum atomic E-state index is 1.11. The highest BCUT2D eigenvalue weighted by molar-refractivity contribution is 5.85. The Kier molecular flexibility index (Phi) is 0.803. The fraction of sp³-hybridized carbons (Fsp3) is 0.0909. The first kappa shape index (κ1) is 5.36. The molecule has 2 aromatic rings. The highest BCUT2D eigenvalue weighted by Crippen LogP contribution is 2.24. The van der Waals surface area contributed by atoms with Gasteiger partial charge in [-0.3, -0.25) is 0 Å². The normalized spacial score (nSPS) is 13.1. The number of fused-ring (bicyclic) bond motifs is 2. The quantitative estimate of drug-likeness (QED) is 0.450. The van der Waals surface area contributed by atoms with Crippen LogP contribution in [0.15, 0.2) is 36.4 Å². The van der Waals surface area contributed by atoms with Crippen LogP contribution in [0.3, 0.4) is 0 Å². The molecule has 0 heteroatoms. The zero-order valence-electron chi connectivity index (χ0n) is 6.17. The maximum Gasteiger partial charge on any atom is -0.00253 e. The van der Waals surface area contributed by atoms with E-state index in [1.165, 1.54) is 21.9 Å². The fourth-order valence-corrected chi connectivity index (χ4v) is 1.80. The fourth-order valence-electron chi connectivity index (χ4n) is 1.80. The van der Waals surface area contributed by atoms with Crippen LogP contribution in [-0.2, 0) is 6.42 Å². The van der Waals surface area contributed by atoms with Crippen LogP contribution in [0.2, 0.25) is 0 Å². The van der Waals surface area contributed by atoms with Gasteiger partial charge in [-0.1, -0.05) is 36.4 Å². The van der Waals surface area contributed by atoms with Crippen LogP contribution in [-0.4, -0.2) is 0 Å². The third kappa shape index (κ3) is 0.640. The predicted octanol–water partition coefficient (Wildman–Crippen LogP) is 2.74. The number of benzene rings is 2. The second kappa shape index (κ2) is 1.65. The molecule has 0 radical (unpaired) electrons. The maximum atomic E-state index is 2.28. The Morgan fingerprint density at radius 2 is 1.36 bits per heavy atom. The topological polar surface area (TPSA) is 0 Å². The van der Waals surface area contributed by atoms with Crippen LogP contribution in [0.4, 0.5) is 0 Å². The van der Waals surface area contributed by atoms with E-state index in [2.05, 4.69) is 36.4 Å². The van der Waals surface area contributed by atoms with Crippen LogP contribution in [0.5, 0.6) is 0 Å². The summed E-state index contributed by atoms with van der Waals surface area (Å²) in [5.74, 6) is 0. The van der Waals surface area contributed by atoms with E-state index >= 15 is 0 Å². The molecule has 11 heavy (non-hydrogen) atoms. The summed E-state index contributed by atoms with van der Waals surface area (Å²) in [6.45, 7) is 0. The molecule has 0 saturated heterocycles. The van der Waals surface area contributed by atoms with Gasteiger partial charge in [0.2, 0.25) is 0 Å². The van der Waals surface area contributed by atoms with Crippen LogP contribution < -0.4 is 0 Å². The van der Waals surface area contributed by atoms with E-state index < -0.39 is 0 Å². The molecule has 52 valence electrons. The summed E-state index contributed by atoms with van der Waals surface area (Å²) in [6.07, 6.45) is 1.11. The van der Waals surface area contributed by atoms with Gasteiger partial charge in [0, 0.05) is 0 Å². The molecule has 0 nitrogen and oxygen atoms in total. The Hall–Kier alpha value is -1.30. The van der Waals surface area contributed by atoms with Crippen molar-refractivity contribution in [2.24, 2.45) is 0 Å². The summed E-state index contributed by atoms with van der Waals surface area (Å²) in [6, 6.07) is 13.4. The highest BCUT2D eigenvalue weighted by atomic mass is 14.1. The van der Waals surface area contributed by atoms with Crippen LogP contribution >= 0.6 is 0 Å². The second-order valence-corrected chi connectivity index (χ2v) is 3.19. The third-order valence-corrected chi connectivity index (χ3v) is 2.38. The van der Waals surface area contributed by atoms with Gasteiger partial charge in [0.05, 0.1) is 0 Å². The smallest absolute Gasteiger partial charge is 0.00253 e. The molecule has 0 aromatic heterocycles. The summed E-state index contributed by atoms with van der Waals surface area (Å²) in [5.41, 5.74) is 2.90. The standard InChI is InChI=1S/C11H8/c1-3-10-4-2-9-5-8(1)6-11(10)7-9/h1-4,6-7H,5H2. The highest BCUT2D eigenvalue weighted by Gasteiger charge is 2.04. The average molecular weight is 140 g/mol. The van der Waals surface area contributed by atoms with Crippen LogP contribution in [0.1, 0.15) is 11.1 Å². The van der Waals surface area contributed by atoms with Crippen molar-refractivity contribution in [2.45, 2.75) is 6.42 Å². The first-order valence-corrected chi connectivity index (χ1v) is 3.93. The molecule has 1 aliphatic carbocycles. The van der Waals surface area contributed by atoms with Gasteiger partial charge in [-0.2, -0.15) is 0 Å². The van der Waals surface area contributed by atoms with Gasteiger partial charge < -0.3 is 0 Å². The molecule has 0 fully saturated rings. The zero-order chi connectivity index (χ0) is 7.26. The number of hydrogen-bond acceptors (Lipinski definition) is 0. The van der Waals surface area contributed by atoms with E-state index in [0.717, 1.165) is 6.42 Å². The lowest BCUT2D eigenvalue weighted by Gasteiger charge is -2.11. The average Bonchev–Trinajstić information content (AvgIpc) is 2.01. The molecule has 0 N–H and O–H groups in total. The Balaban J connectivity index is 2.65. The van der Waals surface area contributed by atoms with Crippen molar-refractivity contribution in [1.82, 2.24) is 0 Å². The van der Waals surface area contributed by atoms with Gasteiger partial charge in [-0.15, -0.1) is 0 Å². The van der Waals surface area contributed by atoms with Gasteiger partial charge in [-0.25, -0.2) is 0 Å². The zero-order valence-corrected chi connectivity index (χ0v) is 6.17. The van der Waals surface area contributed by atoms with Crippen molar-refractivity contribution < 1.29 is 0 Å². The summed E-state index contributed by atoms with van der Waals surface area (Å²) >= 11 is 0. The second-order valence-electron chi connectivity index (χ2n) is 3.19. The summed E-state index contributed by atoms with van der Waals surface area (Å²) in [4.78, 5) is 0. The predicted molar refractivity (Wildman–Crippen MR) is 46.8 cm³/mol. The molecule has 3 rings (SSSR count). The van der Waals surface area contributed by atoms with E-state index in [0.29, 0.717) is 0 Å². The molecule has 0 atom stereocenters. The van der Waals surface area contributed by atoms with Gasteiger partial charge >= 0.3 is 0 Å². The first-order chi connectivity index (χ1) is 5.42. The lowest BCUT2D eigenvalue weighted by atomic mass is 9.94. The van der Waals surface area contributed by atoms with E-state index in [1.54, 1.807) is 0 Å². The van der Waals surface area contributed by atoms with Crippen molar-refractivity contribution in [3.05, 3.63) is 47.5 Å². The molecule has 3 bridgehead atoms. The molecule has 0 aliphatic heterocycles. The summed E-state index contributed by atoms with van der Waals surface area (Å²) in [5, 5.41) is 2.75. The molecular weight excluding hydrogens is 132 g/mol. The van der Waals surface area contributed by atoms with Gasteiger partial charge in [0.15, 0.2) is 0 Å². The van der Waals surface area contributed by atoms with Gasteiger partial charge in [0.25, 0.3) is 0 Å². The monoisotopic (exact) mass is 140 g/mol. The molecular formula is C11H8. The van der Waals surface area contributed by atoms with Crippen molar-refractivity contribution in [1.29, 1.82) is 0 Å². The van der Waals surface area contributed by atoms with E-state index in [-0.39, 0.29) is 0 Å². The number of rotatable bonds is 0. The molecule has 0 spiro atoms. The third-order valence-electron chi connectivity index (χ3n) is 2.38. The SMILES string of the molecule is c1cc2ccc3cc2cc1C3. The van der Waals surface area contributed by atoms with Crippen molar-refractivity contribution in [2.75, 3.05) is 0 Å². The Morgan fingerprint density at radius 3 is 2.00 bits per heavy atom. The van der Waals surface area contributed by atoms with Crippen molar-refractivity contribution in [3.63, 3.8) is 0 Å². The van der Waals surface area contributed by atoms with E-state index in [4.69, 9.17) is 0 Å². The summed E-state index contributed by atoms with van der Waals surface area (Å²) < 4.78 is 0. The van der Waals surface area contributed by atoms with Crippen molar-refractivity contribution in [3.8, 4) is 0 Å².